The molecule has 0 saturated carbocycles. The number of hydrogen-bond donors (Lipinski definition) is 1. The maximum Gasteiger partial charge on any atom is 0.142 e. The van der Waals surface area contributed by atoms with Crippen molar-refractivity contribution in [1.82, 2.24) is 4.98 Å². The first-order valence-corrected chi connectivity index (χ1v) is 9.75. The number of rotatable bonds is 5. The molecule has 2 N–H and O–H groups in total. The molecule has 5 heteroatoms. The molecule has 0 radical (unpaired) electrons. The minimum absolute atomic E-state index is 0.189. The lowest BCUT2D eigenvalue weighted by molar-refractivity contribution is 0.306. The van der Waals surface area contributed by atoms with Gasteiger partial charge in [-0.1, -0.05) is 66.2 Å². The predicted molar refractivity (Wildman–Crippen MR) is 120 cm³/mol. The quantitative estimate of drug-likeness (QED) is 0.430. The van der Waals surface area contributed by atoms with Crippen LogP contribution < -0.4 is 10.5 Å². The van der Waals surface area contributed by atoms with Gasteiger partial charge in [-0.25, -0.2) is 4.98 Å². The first kappa shape index (κ1) is 19.5. The lowest BCUT2D eigenvalue weighted by Gasteiger charge is -2.12. The third kappa shape index (κ3) is 4.27. The predicted octanol–water partition coefficient (Wildman–Crippen LogP) is 6.10. The lowest BCUT2D eigenvalue weighted by Crippen LogP contribution is -2.00. The van der Waals surface area contributed by atoms with E-state index < -0.39 is 0 Å². The van der Waals surface area contributed by atoms with Crippen molar-refractivity contribution in [1.29, 1.82) is 5.26 Å². The normalized spacial score (nSPS) is 10.4. The summed E-state index contributed by atoms with van der Waals surface area (Å²) < 4.78 is 5.85. The number of nitrogens with zero attached hydrogens (tertiary/aromatic N) is 2. The van der Waals surface area contributed by atoms with Gasteiger partial charge >= 0.3 is 0 Å². The topological polar surface area (TPSA) is 71.9 Å². The van der Waals surface area contributed by atoms with Crippen molar-refractivity contribution in [2.24, 2.45) is 0 Å². The molecule has 3 aromatic carbocycles. The fourth-order valence-corrected chi connectivity index (χ4v) is 3.37. The fraction of sp³-hybridized carbons (Fsp3) is 0.0400. The van der Waals surface area contributed by atoms with Crippen LogP contribution in [0.15, 0.2) is 84.9 Å². The number of ether oxygens (including phenoxy) is 1. The number of nitriles is 1. The highest BCUT2D eigenvalue weighted by molar-refractivity contribution is 6.30. The van der Waals surface area contributed by atoms with Crippen LogP contribution in [0.4, 0.5) is 5.82 Å². The SMILES string of the molecule is N#Cc1c(-c2ccc(OCc3ccccc3)cc2)cc(-c2cccc(Cl)c2)nc1N. The molecule has 4 nitrogen and oxygen atoms in total. The molecule has 0 aliphatic heterocycles. The highest BCUT2D eigenvalue weighted by Crippen LogP contribution is 2.32. The van der Waals surface area contributed by atoms with Gasteiger partial charge < -0.3 is 10.5 Å². The van der Waals surface area contributed by atoms with E-state index in [1.54, 1.807) is 6.07 Å². The van der Waals surface area contributed by atoms with Crippen molar-refractivity contribution in [2.75, 3.05) is 5.73 Å². The molecule has 146 valence electrons. The Morgan fingerprint density at radius 1 is 0.900 bits per heavy atom. The average molecular weight is 412 g/mol. The van der Waals surface area contributed by atoms with Gasteiger partial charge in [0.05, 0.1) is 5.69 Å². The second kappa shape index (κ2) is 8.69. The van der Waals surface area contributed by atoms with Crippen molar-refractivity contribution in [3.05, 3.63) is 101 Å². The lowest BCUT2D eigenvalue weighted by atomic mass is 9.98. The zero-order valence-electron chi connectivity index (χ0n) is 16.0. The summed E-state index contributed by atoms with van der Waals surface area (Å²) in [5.41, 5.74) is 10.6. The van der Waals surface area contributed by atoms with Crippen molar-refractivity contribution in [3.8, 4) is 34.2 Å². The Morgan fingerprint density at radius 3 is 2.37 bits per heavy atom. The molecule has 0 aliphatic rings. The largest absolute Gasteiger partial charge is 0.489 e. The van der Waals surface area contributed by atoms with E-state index in [0.717, 1.165) is 28.0 Å². The number of nitrogen functional groups attached to an aromatic ring is 1. The van der Waals surface area contributed by atoms with Crippen molar-refractivity contribution < 1.29 is 4.74 Å². The zero-order chi connectivity index (χ0) is 20.9. The molecule has 0 fully saturated rings. The number of hydrogen-bond acceptors (Lipinski definition) is 4. The Bertz CT molecular complexity index is 1220. The minimum Gasteiger partial charge on any atom is -0.489 e. The average Bonchev–Trinajstić information content (AvgIpc) is 2.78. The van der Waals surface area contributed by atoms with Crippen LogP contribution in [0, 0.1) is 11.3 Å². The smallest absolute Gasteiger partial charge is 0.142 e. The molecule has 0 atom stereocenters. The summed E-state index contributed by atoms with van der Waals surface area (Å²) in [5.74, 6) is 0.938. The van der Waals surface area contributed by atoms with Gasteiger partial charge in [0.2, 0.25) is 0 Å². The summed E-state index contributed by atoms with van der Waals surface area (Å²) in [4.78, 5) is 4.39. The third-order valence-corrected chi connectivity index (χ3v) is 4.93. The molecule has 0 unspecified atom stereocenters. The Hall–Kier alpha value is -3.81. The number of halogens is 1. The van der Waals surface area contributed by atoms with Gasteiger partial charge in [-0.3, -0.25) is 0 Å². The number of nitrogens with two attached hydrogens (primary N) is 1. The van der Waals surface area contributed by atoms with Crippen molar-refractivity contribution in [2.45, 2.75) is 6.61 Å². The van der Waals surface area contributed by atoms with E-state index in [4.69, 9.17) is 22.1 Å². The second-order valence-corrected chi connectivity index (χ2v) is 7.17. The second-order valence-electron chi connectivity index (χ2n) is 6.74. The van der Waals surface area contributed by atoms with E-state index >= 15 is 0 Å². The molecular weight excluding hydrogens is 394 g/mol. The molecule has 4 aromatic rings. The van der Waals surface area contributed by atoms with E-state index in [0.29, 0.717) is 22.9 Å². The van der Waals surface area contributed by atoms with E-state index in [-0.39, 0.29) is 5.82 Å². The molecule has 1 aromatic heterocycles. The van der Waals surface area contributed by atoms with E-state index in [2.05, 4.69) is 11.1 Å². The number of aromatic nitrogens is 1. The Kier molecular flexibility index (Phi) is 5.65. The summed E-state index contributed by atoms with van der Waals surface area (Å²) in [6, 6.07) is 29.0. The van der Waals surface area contributed by atoms with Crippen LogP contribution in [0.2, 0.25) is 5.02 Å². The van der Waals surface area contributed by atoms with Gasteiger partial charge in [0, 0.05) is 16.1 Å². The Morgan fingerprint density at radius 2 is 1.67 bits per heavy atom. The van der Waals surface area contributed by atoms with E-state index in [9.17, 15) is 5.26 Å². The number of anilines is 1. The molecule has 0 spiro atoms. The molecule has 0 aliphatic carbocycles. The van der Waals surface area contributed by atoms with Crippen LogP contribution in [-0.4, -0.2) is 4.98 Å². The number of pyridine rings is 1. The maximum atomic E-state index is 9.62. The van der Waals surface area contributed by atoms with Crippen LogP contribution in [0.3, 0.4) is 0 Å². The van der Waals surface area contributed by atoms with Crippen LogP contribution in [-0.2, 0) is 6.61 Å². The Balaban J connectivity index is 1.65. The van der Waals surface area contributed by atoms with Crippen LogP contribution in [0.5, 0.6) is 5.75 Å². The highest BCUT2D eigenvalue weighted by Gasteiger charge is 2.14. The monoisotopic (exact) mass is 411 g/mol. The molecular formula is C25H18ClN3O. The zero-order valence-corrected chi connectivity index (χ0v) is 16.8. The fourth-order valence-electron chi connectivity index (χ4n) is 3.18. The molecule has 30 heavy (non-hydrogen) atoms. The van der Waals surface area contributed by atoms with Gasteiger partial charge in [0.1, 0.15) is 29.8 Å². The van der Waals surface area contributed by atoms with Crippen LogP contribution in [0.25, 0.3) is 22.4 Å². The summed E-state index contributed by atoms with van der Waals surface area (Å²) in [5, 5.41) is 10.2. The van der Waals surface area contributed by atoms with E-state index in [1.165, 1.54) is 0 Å². The van der Waals surface area contributed by atoms with Gasteiger partial charge in [0.25, 0.3) is 0 Å². The molecule has 0 bridgehead atoms. The van der Waals surface area contributed by atoms with Gasteiger partial charge in [-0.15, -0.1) is 0 Å². The summed E-state index contributed by atoms with van der Waals surface area (Å²) in [7, 11) is 0. The molecule has 1 heterocycles. The van der Waals surface area contributed by atoms with Crippen molar-refractivity contribution in [3.63, 3.8) is 0 Å². The first-order valence-electron chi connectivity index (χ1n) is 9.38. The van der Waals surface area contributed by atoms with Crippen LogP contribution in [0.1, 0.15) is 11.1 Å². The Labute approximate surface area is 180 Å². The maximum absolute atomic E-state index is 9.62. The van der Waals surface area contributed by atoms with Gasteiger partial charge in [-0.2, -0.15) is 5.26 Å². The van der Waals surface area contributed by atoms with Crippen LogP contribution >= 0.6 is 11.6 Å². The summed E-state index contributed by atoms with van der Waals surface area (Å²) in [6.45, 7) is 0.491. The third-order valence-electron chi connectivity index (χ3n) is 4.69. The summed E-state index contributed by atoms with van der Waals surface area (Å²) >= 11 is 6.12. The molecule has 4 rings (SSSR count). The van der Waals surface area contributed by atoms with Gasteiger partial charge in [0.15, 0.2) is 0 Å². The molecule has 0 saturated heterocycles. The highest BCUT2D eigenvalue weighted by atomic mass is 35.5. The first-order chi connectivity index (χ1) is 14.6. The van der Waals surface area contributed by atoms with Crippen molar-refractivity contribution >= 4 is 17.4 Å². The van der Waals surface area contributed by atoms with Gasteiger partial charge in [-0.05, 0) is 41.5 Å². The molecule has 0 amide bonds. The summed E-state index contributed by atoms with van der Waals surface area (Å²) in [6.07, 6.45) is 0. The standard InChI is InChI=1S/C25H18ClN3O/c26-20-8-4-7-19(13-20)24-14-22(23(15-27)25(28)29-24)18-9-11-21(12-10-18)30-16-17-5-2-1-3-6-17/h1-14H,16H2,(H2,28,29). The minimum atomic E-state index is 0.189. The van der Waals surface area contributed by atoms with E-state index in [1.807, 2.05) is 78.9 Å². The number of benzene rings is 3.